The summed E-state index contributed by atoms with van der Waals surface area (Å²) >= 11 is 1.36. The van der Waals surface area contributed by atoms with Crippen LogP contribution in [0.5, 0.6) is 0 Å². The molecule has 1 aliphatic carbocycles. The summed E-state index contributed by atoms with van der Waals surface area (Å²) in [6.07, 6.45) is 4.61. The maximum Gasteiger partial charge on any atom is 0.234 e. The second-order valence-corrected chi connectivity index (χ2v) is 7.43. The second kappa shape index (κ2) is 8.96. The van der Waals surface area contributed by atoms with E-state index in [2.05, 4.69) is 17.6 Å². The van der Waals surface area contributed by atoms with E-state index >= 15 is 0 Å². The molecule has 0 bridgehead atoms. The van der Waals surface area contributed by atoms with Gasteiger partial charge in [-0.05, 0) is 37.8 Å². The molecule has 2 atom stereocenters. The van der Waals surface area contributed by atoms with Crippen LogP contribution in [0.1, 0.15) is 38.2 Å². The minimum atomic E-state index is -0.0714. The minimum absolute atomic E-state index is 0.0391. The Balaban J connectivity index is 1.62. The topological polar surface area (TPSA) is 58.2 Å². The summed E-state index contributed by atoms with van der Waals surface area (Å²) in [5.41, 5.74) is 1.95. The third-order valence-corrected chi connectivity index (χ3v) is 5.04. The van der Waals surface area contributed by atoms with Crippen molar-refractivity contribution in [3.63, 3.8) is 0 Å². The summed E-state index contributed by atoms with van der Waals surface area (Å²) in [6, 6.07) is 8.00. The van der Waals surface area contributed by atoms with E-state index in [0.717, 1.165) is 24.1 Å². The number of aryl methyl sites for hydroxylation is 1. The Morgan fingerprint density at radius 2 is 1.83 bits per heavy atom. The normalized spacial score (nSPS) is 20.8. The van der Waals surface area contributed by atoms with Gasteiger partial charge in [0.15, 0.2) is 0 Å². The number of carbonyl (C=O) groups is 2. The van der Waals surface area contributed by atoms with Crippen LogP contribution in [0.3, 0.4) is 0 Å². The number of hydrogen-bond donors (Lipinski definition) is 2. The van der Waals surface area contributed by atoms with Crippen molar-refractivity contribution in [2.45, 2.75) is 45.6 Å². The molecule has 4 nitrogen and oxygen atoms in total. The maximum atomic E-state index is 11.9. The van der Waals surface area contributed by atoms with Crippen LogP contribution >= 0.6 is 11.8 Å². The molecule has 126 valence electrons. The van der Waals surface area contributed by atoms with Crippen molar-refractivity contribution < 1.29 is 9.59 Å². The van der Waals surface area contributed by atoms with Crippen LogP contribution < -0.4 is 10.6 Å². The van der Waals surface area contributed by atoms with E-state index in [9.17, 15) is 9.59 Å². The van der Waals surface area contributed by atoms with Gasteiger partial charge in [0.1, 0.15) is 0 Å². The molecule has 0 aliphatic heterocycles. The molecule has 0 aromatic heterocycles. The highest BCUT2D eigenvalue weighted by Gasteiger charge is 2.20. The van der Waals surface area contributed by atoms with Crippen molar-refractivity contribution >= 4 is 29.3 Å². The number of carbonyl (C=O) groups excluding carboxylic acids is 2. The van der Waals surface area contributed by atoms with Gasteiger partial charge in [0.2, 0.25) is 11.8 Å². The fourth-order valence-electron chi connectivity index (χ4n) is 2.90. The first-order chi connectivity index (χ1) is 11.0. The molecular weight excluding hydrogens is 308 g/mol. The summed E-state index contributed by atoms with van der Waals surface area (Å²) in [5.74, 6) is 1.30. The van der Waals surface area contributed by atoms with Gasteiger partial charge in [-0.3, -0.25) is 9.59 Å². The van der Waals surface area contributed by atoms with Gasteiger partial charge in [-0.25, -0.2) is 0 Å². The van der Waals surface area contributed by atoms with E-state index in [1.807, 2.05) is 31.2 Å². The third kappa shape index (κ3) is 6.65. The number of amides is 2. The van der Waals surface area contributed by atoms with Crippen molar-refractivity contribution in [3.05, 3.63) is 29.8 Å². The fourth-order valence-corrected chi connectivity index (χ4v) is 3.53. The van der Waals surface area contributed by atoms with Crippen LogP contribution in [0.15, 0.2) is 24.3 Å². The number of benzene rings is 1. The van der Waals surface area contributed by atoms with E-state index in [1.54, 1.807) is 0 Å². The molecule has 5 heteroatoms. The zero-order chi connectivity index (χ0) is 16.7. The maximum absolute atomic E-state index is 11.9. The number of thioether (sulfide) groups is 1. The lowest BCUT2D eigenvalue weighted by molar-refractivity contribution is -0.119. The van der Waals surface area contributed by atoms with Crippen molar-refractivity contribution in [2.75, 3.05) is 16.8 Å². The van der Waals surface area contributed by atoms with Crippen molar-refractivity contribution in [2.24, 2.45) is 5.92 Å². The van der Waals surface area contributed by atoms with Crippen molar-refractivity contribution in [1.29, 1.82) is 0 Å². The Kier molecular flexibility index (Phi) is 6.96. The largest absolute Gasteiger partial charge is 0.353 e. The number of anilines is 1. The molecule has 2 unspecified atom stereocenters. The first-order valence-corrected chi connectivity index (χ1v) is 9.42. The molecule has 1 aliphatic rings. The molecule has 2 N–H and O–H groups in total. The average molecular weight is 334 g/mol. The van der Waals surface area contributed by atoms with Gasteiger partial charge in [0, 0.05) is 11.7 Å². The smallest absolute Gasteiger partial charge is 0.234 e. The van der Waals surface area contributed by atoms with E-state index < -0.39 is 0 Å². The van der Waals surface area contributed by atoms with Crippen LogP contribution in [0.25, 0.3) is 0 Å². The van der Waals surface area contributed by atoms with Crippen LogP contribution in [0.4, 0.5) is 5.69 Å². The number of hydrogen-bond acceptors (Lipinski definition) is 3. The minimum Gasteiger partial charge on any atom is -0.353 e. The van der Waals surface area contributed by atoms with Gasteiger partial charge < -0.3 is 10.6 Å². The Morgan fingerprint density at radius 1 is 1.13 bits per heavy atom. The molecule has 2 amide bonds. The third-order valence-electron chi connectivity index (χ3n) is 4.10. The van der Waals surface area contributed by atoms with E-state index in [4.69, 9.17) is 0 Å². The van der Waals surface area contributed by atoms with Crippen LogP contribution in [0.2, 0.25) is 0 Å². The zero-order valence-electron chi connectivity index (χ0n) is 13.9. The predicted molar refractivity (Wildman–Crippen MR) is 96.7 cm³/mol. The lowest BCUT2D eigenvalue weighted by atomic mass is 9.87. The van der Waals surface area contributed by atoms with Gasteiger partial charge in [0.25, 0.3) is 0 Å². The standard InChI is InChI=1S/C18H26N2O2S/c1-13-6-8-15(9-7-13)19-17(21)11-23-12-18(22)20-16-5-3-4-14(2)10-16/h6-9,14,16H,3-5,10-12H2,1-2H3,(H,19,21)(H,20,22). The van der Waals surface area contributed by atoms with Crippen molar-refractivity contribution in [3.8, 4) is 0 Å². The average Bonchev–Trinajstić information content (AvgIpc) is 2.49. The second-order valence-electron chi connectivity index (χ2n) is 6.44. The summed E-state index contributed by atoms with van der Waals surface area (Å²) < 4.78 is 0. The SMILES string of the molecule is Cc1ccc(NC(=O)CSCC(=O)NC2CCCC(C)C2)cc1. The first-order valence-electron chi connectivity index (χ1n) is 8.26. The Hall–Kier alpha value is -1.49. The molecule has 2 rings (SSSR count). The first kappa shape index (κ1) is 17.9. The number of rotatable bonds is 6. The van der Waals surface area contributed by atoms with Crippen LogP contribution in [0, 0.1) is 12.8 Å². The Bertz CT molecular complexity index is 530. The molecule has 1 saturated carbocycles. The Morgan fingerprint density at radius 3 is 2.52 bits per heavy atom. The molecular formula is C18H26N2O2S. The van der Waals surface area contributed by atoms with Crippen molar-refractivity contribution in [1.82, 2.24) is 5.32 Å². The van der Waals surface area contributed by atoms with Crippen LogP contribution in [-0.2, 0) is 9.59 Å². The monoisotopic (exact) mass is 334 g/mol. The summed E-state index contributed by atoms with van der Waals surface area (Å²) in [6.45, 7) is 4.25. The molecule has 0 radical (unpaired) electrons. The lowest BCUT2D eigenvalue weighted by Gasteiger charge is -2.27. The number of nitrogens with one attached hydrogen (secondary N) is 2. The van der Waals surface area contributed by atoms with E-state index in [0.29, 0.717) is 23.5 Å². The highest BCUT2D eigenvalue weighted by atomic mass is 32.2. The molecule has 23 heavy (non-hydrogen) atoms. The molecule has 1 aromatic rings. The fraction of sp³-hybridized carbons (Fsp3) is 0.556. The molecule has 0 spiro atoms. The predicted octanol–water partition coefficient (Wildman–Crippen LogP) is 3.36. The molecule has 0 heterocycles. The summed E-state index contributed by atoms with van der Waals surface area (Å²) in [4.78, 5) is 23.8. The Labute approximate surface area is 142 Å². The van der Waals surface area contributed by atoms with Gasteiger partial charge in [-0.1, -0.05) is 37.5 Å². The molecule has 1 aromatic carbocycles. The van der Waals surface area contributed by atoms with Gasteiger partial charge in [-0.15, -0.1) is 11.8 Å². The van der Waals surface area contributed by atoms with Gasteiger partial charge >= 0.3 is 0 Å². The lowest BCUT2D eigenvalue weighted by Crippen LogP contribution is -2.39. The van der Waals surface area contributed by atoms with Gasteiger partial charge in [0.05, 0.1) is 11.5 Å². The molecule has 0 saturated heterocycles. The highest BCUT2D eigenvalue weighted by Crippen LogP contribution is 2.23. The summed E-state index contributed by atoms with van der Waals surface area (Å²) in [7, 11) is 0. The van der Waals surface area contributed by atoms with Crippen LogP contribution in [-0.4, -0.2) is 29.4 Å². The van der Waals surface area contributed by atoms with E-state index in [1.165, 1.54) is 24.6 Å². The molecule has 1 fully saturated rings. The summed E-state index contributed by atoms with van der Waals surface area (Å²) in [5, 5.41) is 5.93. The van der Waals surface area contributed by atoms with Gasteiger partial charge in [-0.2, -0.15) is 0 Å². The van der Waals surface area contributed by atoms with E-state index in [-0.39, 0.29) is 11.8 Å². The zero-order valence-corrected chi connectivity index (χ0v) is 14.7. The highest BCUT2D eigenvalue weighted by molar-refractivity contribution is 8.00. The quantitative estimate of drug-likeness (QED) is 0.838.